The molecular weight excluding hydrogens is 302 g/mol. The molecule has 0 spiro atoms. The van der Waals surface area contributed by atoms with Gasteiger partial charge in [0.15, 0.2) is 0 Å². The summed E-state index contributed by atoms with van der Waals surface area (Å²) in [5.74, 6) is 1.63. The number of likely N-dealkylation sites (tertiary alicyclic amines) is 1. The van der Waals surface area contributed by atoms with Crippen LogP contribution in [0.3, 0.4) is 0 Å². The van der Waals surface area contributed by atoms with Gasteiger partial charge in [-0.2, -0.15) is 0 Å². The van der Waals surface area contributed by atoms with E-state index in [1.807, 2.05) is 43.3 Å². The molecule has 1 aliphatic heterocycles. The molecule has 0 bridgehead atoms. The van der Waals surface area contributed by atoms with E-state index in [1.54, 1.807) is 0 Å². The molecule has 2 aromatic rings. The van der Waals surface area contributed by atoms with Crippen LogP contribution in [-0.2, 0) is 11.3 Å². The lowest BCUT2D eigenvalue weighted by Gasteiger charge is -2.14. The van der Waals surface area contributed by atoms with Crippen molar-refractivity contribution in [1.29, 1.82) is 0 Å². The molecule has 0 radical (unpaired) electrons. The fraction of sp³-hybridized carbons (Fsp3) is 0.412. The number of halogens is 1. The average Bonchev–Trinajstić information content (AvgIpc) is 3.08. The molecule has 1 N–H and O–H groups in total. The molecule has 2 atom stereocenters. The van der Waals surface area contributed by atoms with Gasteiger partial charge < -0.3 is 14.3 Å². The molecule has 1 saturated heterocycles. The molecule has 0 amide bonds. The maximum absolute atomic E-state index is 9.97. The first-order valence-electron chi connectivity index (χ1n) is 7.53. The van der Waals surface area contributed by atoms with Gasteiger partial charge in [0, 0.05) is 25.3 Å². The van der Waals surface area contributed by atoms with Gasteiger partial charge in [-0.1, -0.05) is 23.7 Å². The lowest BCUT2D eigenvalue weighted by Crippen LogP contribution is -2.26. The summed E-state index contributed by atoms with van der Waals surface area (Å²) < 4.78 is 11.4. The van der Waals surface area contributed by atoms with Gasteiger partial charge in [0.05, 0.1) is 23.8 Å². The van der Waals surface area contributed by atoms with Gasteiger partial charge >= 0.3 is 0 Å². The Labute approximate surface area is 135 Å². The third kappa shape index (κ3) is 3.36. The fourth-order valence-corrected chi connectivity index (χ4v) is 3.06. The number of rotatable bonds is 5. The van der Waals surface area contributed by atoms with E-state index in [0.29, 0.717) is 24.7 Å². The number of benzene rings is 1. The predicted molar refractivity (Wildman–Crippen MR) is 85.9 cm³/mol. The highest BCUT2D eigenvalue weighted by molar-refractivity contribution is 6.33. The Morgan fingerprint density at radius 3 is 2.86 bits per heavy atom. The van der Waals surface area contributed by atoms with Gasteiger partial charge in [-0.15, -0.1) is 0 Å². The molecule has 0 unspecified atom stereocenters. The molecule has 0 aliphatic carbocycles. The van der Waals surface area contributed by atoms with Crippen LogP contribution in [0.5, 0.6) is 0 Å². The van der Waals surface area contributed by atoms with E-state index >= 15 is 0 Å². The Bertz CT molecular complexity index is 628. The normalized spacial score (nSPS) is 22.3. The minimum absolute atomic E-state index is 0.108. The second-order valence-electron chi connectivity index (χ2n) is 5.50. The zero-order valence-electron chi connectivity index (χ0n) is 12.5. The largest absolute Gasteiger partial charge is 0.460 e. The van der Waals surface area contributed by atoms with Crippen LogP contribution in [0.1, 0.15) is 12.7 Å². The number of ether oxygens (including phenoxy) is 1. The van der Waals surface area contributed by atoms with Crippen molar-refractivity contribution in [3.63, 3.8) is 0 Å². The van der Waals surface area contributed by atoms with Crippen molar-refractivity contribution in [2.75, 3.05) is 19.7 Å². The Morgan fingerprint density at radius 1 is 1.27 bits per heavy atom. The smallest absolute Gasteiger partial charge is 0.135 e. The average molecular weight is 322 g/mol. The first-order valence-corrected chi connectivity index (χ1v) is 7.90. The standard InChI is InChI=1S/C17H20ClNO3/c1-2-21-17-11-19(10-15(17)20)9-12-7-8-16(22-12)13-5-3-4-6-14(13)18/h3-8,15,17,20H,2,9-11H2,1H3/t15-,17-/m0/s1. The van der Waals surface area contributed by atoms with Crippen LogP contribution < -0.4 is 0 Å². The summed E-state index contributed by atoms with van der Waals surface area (Å²) in [6.07, 6.45) is -0.541. The highest BCUT2D eigenvalue weighted by Gasteiger charge is 2.32. The van der Waals surface area contributed by atoms with Crippen LogP contribution in [0.2, 0.25) is 5.02 Å². The van der Waals surface area contributed by atoms with Crippen molar-refractivity contribution in [3.05, 3.63) is 47.2 Å². The minimum atomic E-state index is -0.432. The van der Waals surface area contributed by atoms with Crippen molar-refractivity contribution in [2.45, 2.75) is 25.7 Å². The summed E-state index contributed by atoms with van der Waals surface area (Å²) >= 11 is 6.19. The number of hydrogen-bond acceptors (Lipinski definition) is 4. The number of aliphatic hydroxyl groups excluding tert-OH is 1. The molecule has 1 aliphatic rings. The Balaban J connectivity index is 1.67. The summed E-state index contributed by atoms with van der Waals surface area (Å²) in [6, 6.07) is 11.5. The minimum Gasteiger partial charge on any atom is -0.460 e. The maximum Gasteiger partial charge on any atom is 0.135 e. The van der Waals surface area contributed by atoms with Gasteiger partial charge in [0.25, 0.3) is 0 Å². The van der Waals surface area contributed by atoms with Crippen LogP contribution >= 0.6 is 11.6 Å². The predicted octanol–water partition coefficient (Wildman–Crippen LogP) is 3.18. The van der Waals surface area contributed by atoms with Crippen LogP contribution in [-0.4, -0.2) is 41.9 Å². The van der Waals surface area contributed by atoms with E-state index in [2.05, 4.69) is 4.90 Å². The Morgan fingerprint density at radius 2 is 2.09 bits per heavy atom. The lowest BCUT2D eigenvalue weighted by molar-refractivity contribution is -0.00247. The molecule has 4 nitrogen and oxygen atoms in total. The zero-order valence-corrected chi connectivity index (χ0v) is 13.3. The molecule has 5 heteroatoms. The van der Waals surface area contributed by atoms with Crippen LogP contribution in [0.15, 0.2) is 40.8 Å². The van der Waals surface area contributed by atoms with E-state index in [1.165, 1.54) is 0 Å². The summed E-state index contributed by atoms with van der Waals surface area (Å²) in [6.45, 7) is 4.54. The molecule has 2 heterocycles. The molecule has 3 rings (SSSR count). The highest BCUT2D eigenvalue weighted by atomic mass is 35.5. The topological polar surface area (TPSA) is 45.8 Å². The van der Waals surface area contributed by atoms with Crippen LogP contribution in [0.25, 0.3) is 11.3 Å². The molecule has 22 heavy (non-hydrogen) atoms. The van der Waals surface area contributed by atoms with E-state index in [9.17, 15) is 5.11 Å². The van der Waals surface area contributed by atoms with Crippen molar-refractivity contribution in [1.82, 2.24) is 4.90 Å². The highest BCUT2D eigenvalue weighted by Crippen LogP contribution is 2.29. The SMILES string of the molecule is CCO[C@H]1CN(Cc2ccc(-c3ccccc3Cl)o2)C[C@@H]1O. The third-order valence-corrected chi connectivity index (χ3v) is 4.20. The van der Waals surface area contributed by atoms with Gasteiger partial charge in [-0.05, 0) is 31.2 Å². The summed E-state index contributed by atoms with van der Waals surface area (Å²) in [5.41, 5.74) is 0.893. The molecular formula is C17H20ClNO3. The fourth-order valence-electron chi connectivity index (χ4n) is 2.83. The van der Waals surface area contributed by atoms with Gasteiger partial charge in [-0.25, -0.2) is 0 Å². The van der Waals surface area contributed by atoms with Crippen molar-refractivity contribution < 1.29 is 14.3 Å². The molecule has 1 fully saturated rings. The van der Waals surface area contributed by atoms with E-state index < -0.39 is 6.10 Å². The van der Waals surface area contributed by atoms with Crippen molar-refractivity contribution >= 4 is 11.6 Å². The van der Waals surface area contributed by atoms with Gasteiger partial charge in [0.1, 0.15) is 11.5 Å². The quantitative estimate of drug-likeness (QED) is 0.918. The first kappa shape index (κ1) is 15.6. The van der Waals surface area contributed by atoms with E-state index in [0.717, 1.165) is 23.6 Å². The maximum atomic E-state index is 9.97. The zero-order chi connectivity index (χ0) is 15.5. The molecule has 118 valence electrons. The molecule has 1 aromatic heterocycles. The summed E-state index contributed by atoms with van der Waals surface area (Å²) in [5, 5.41) is 10.7. The third-order valence-electron chi connectivity index (χ3n) is 3.87. The number of aliphatic hydroxyl groups is 1. The van der Waals surface area contributed by atoms with E-state index in [4.69, 9.17) is 20.8 Å². The number of β-amino-alcohol motifs (C(OH)–C–C–N with tert-alkyl or cyclic N) is 1. The van der Waals surface area contributed by atoms with E-state index in [-0.39, 0.29) is 6.10 Å². The number of furan rings is 1. The first-order chi connectivity index (χ1) is 10.7. The second kappa shape index (κ2) is 6.84. The van der Waals surface area contributed by atoms with Crippen molar-refractivity contribution in [2.24, 2.45) is 0 Å². The Kier molecular flexibility index (Phi) is 4.84. The van der Waals surface area contributed by atoms with Crippen LogP contribution in [0, 0.1) is 0 Å². The van der Waals surface area contributed by atoms with Gasteiger partial charge in [-0.3, -0.25) is 4.90 Å². The lowest BCUT2D eigenvalue weighted by atomic mass is 10.2. The van der Waals surface area contributed by atoms with Crippen molar-refractivity contribution in [3.8, 4) is 11.3 Å². The van der Waals surface area contributed by atoms with Crippen LogP contribution in [0.4, 0.5) is 0 Å². The summed E-state index contributed by atoms with van der Waals surface area (Å²) in [4.78, 5) is 2.14. The summed E-state index contributed by atoms with van der Waals surface area (Å²) in [7, 11) is 0. The van der Waals surface area contributed by atoms with Gasteiger partial charge in [0.2, 0.25) is 0 Å². The second-order valence-corrected chi connectivity index (χ2v) is 5.91. The Hall–Kier alpha value is -1.33. The molecule has 1 aromatic carbocycles. The monoisotopic (exact) mass is 321 g/mol. The number of nitrogens with zero attached hydrogens (tertiary/aromatic N) is 1. The number of hydrogen-bond donors (Lipinski definition) is 1. The molecule has 0 saturated carbocycles.